The van der Waals surface area contributed by atoms with Crippen molar-refractivity contribution in [2.45, 2.75) is 24.3 Å². The van der Waals surface area contributed by atoms with Crippen molar-refractivity contribution in [1.29, 1.82) is 0 Å². The maximum absolute atomic E-state index is 12.9. The van der Waals surface area contributed by atoms with Crippen LogP contribution in [-0.2, 0) is 4.79 Å². The van der Waals surface area contributed by atoms with Crippen LogP contribution in [0.5, 0.6) is 11.5 Å². The molecule has 0 aromatic heterocycles. The fraction of sp³-hybridized carbons (Fsp3) is 0.160. The molecule has 1 saturated heterocycles. The molecule has 1 fully saturated rings. The molecule has 0 spiro atoms. The summed E-state index contributed by atoms with van der Waals surface area (Å²) in [6.07, 6.45) is 0. The van der Waals surface area contributed by atoms with Gasteiger partial charge in [0.15, 0.2) is 0 Å². The fourth-order valence-corrected chi connectivity index (χ4v) is 4.37. The Balaban J connectivity index is 1.41. The highest BCUT2D eigenvalue weighted by Crippen LogP contribution is 2.29. The number of nitrogens with one attached hydrogen (secondary N) is 3. The van der Waals surface area contributed by atoms with E-state index in [1.165, 1.54) is 11.8 Å². The van der Waals surface area contributed by atoms with Gasteiger partial charge in [-0.3, -0.25) is 14.9 Å². The molecule has 1 aliphatic heterocycles. The molecule has 3 aromatic rings. The Morgan fingerprint density at radius 2 is 1.61 bits per heavy atom. The summed E-state index contributed by atoms with van der Waals surface area (Å²) in [5.41, 5.74) is 1.24. The van der Waals surface area contributed by atoms with E-state index in [0.717, 1.165) is 11.3 Å². The molecule has 0 radical (unpaired) electrons. The van der Waals surface area contributed by atoms with E-state index in [0.29, 0.717) is 27.6 Å². The van der Waals surface area contributed by atoms with E-state index >= 15 is 0 Å². The number of thioether (sulfide) groups is 1. The lowest BCUT2D eigenvalue weighted by Gasteiger charge is -2.20. The molecule has 0 bridgehead atoms. The van der Waals surface area contributed by atoms with E-state index in [4.69, 9.17) is 4.74 Å². The van der Waals surface area contributed by atoms with Crippen molar-refractivity contribution in [1.82, 2.24) is 10.6 Å². The monoisotopic (exact) mass is 461 g/mol. The van der Waals surface area contributed by atoms with E-state index in [1.807, 2.05) is 43.3 Å². The molecule has 4 amide bonds. The Bertz CT molecular complexity index is 1200. The highest BCUT2D eigenvalue weighted by molar-refractivity contribution is 7.99. The number of imide groups is 1. The third-order valence-corrected chi connectivity index (χ3v) is 6.52. The van der Waals surface area contributed by atoms with Crippen LogP contribution in [0.1, 0.15) is 22.8 Å². The van der Waals surface area contributed by atoms with Gasteiger partial charge < -0.3 is 15.4 Å². The van der Waals surface area contributed by atoms with E-state index in [9.17, 15) is 14.4 Å². The van der Waals surface area contributed by atoms with Crippen molar-refractivity contribution in [2.75, 3.05) is 11.1 Å². The largest absolute Gasteiger partial charge is 0.457 e. The molecule has 1 aliphatic rings. The molecule has 7 nitrogen and oxygen atoms in total. The molecule has 1 heterocycles. The Labute approximate surface area is 195 Å². The Morgan fingerprint density at radius 3 is 2.24 bits per heavy atom. The summed E-state index contributed by atoms with van der Waals surface area (Å²) in [7, 11) is 0. The molecule has 0 saturated carbocycles. The van der Waals surface area contributed by atoms with Gasteiger partial charge in [-0.1, -0.05) is 29.8 Å². The van der Waals surface area contributed by atoms with Gasteiger partial charge in [-0.25, -0.2) is 4.79 Å². The van der Waals surface area contributed by atoms with Crippen LogP contribution in [0, 0.1) is 6.92 Å². The van der Waals surface area contributed by atoms with Crippen LogP contribution < -0.4 is 20.7 Å². The number of hydrogen-bond donors (Lipinski definition) is 3. The second-order valence-corrected chi connectivity index (χ2v) is 8.94. The minimum atomic E-state index is -1.03. The summed E-state index contributed by atoms with van der Waals surface area (Å²) < 4.78 is 5.82. The van der Waals surface area contributed by atoms with Crippen LogP contribution in [0.25, 0.3) is 0 Å². The molecule has 0 aliphatic carbocycles. The summed E-state index contributed by atoms with van der Waals surface area (Å²) in [4.78, 5) is 37.2. The average molecular weight is 462 g/mol. The number of carbonyl (C=O) groups excluding carboxylic acids is 3. The molecular weight excluding hydrogens is 438 g/mol. The van der Waals surface area contributed by atoms with Gasteiger partial charge in [-0.2, -0.15) is 0 Å². The number of benzene rings is 3. The Kier molecular flexibility index (Phi) is 6.37. The second-order valence-electron chi connectivity index (χ2n) is 7.92. The SMILES string of the molecule is Cc1ccc(Oc2ccc(NC(=O)c3ccccc3SCC3(C)NC(=O)NC3=O)cc2)cc1. The van der Waals surface area contributed by atoms with Crippen molar-refractivity contribution in [3.8, 4) is 11.5 Å². The summed E-state index contributed by atoms with van der Waals surface area (Å²) in [6.45, 7) is 3.67. The Hall–Kier alpha value is -3.78. The first-order chi connectivity index (χ1) is 15.8. The number of aryl methyl sites for hydroxylation is 1. The molecular formula is C25H23N3O4S. The average Bonchev–Trinajstić information content (AvgIpc) is 3.06. The van der Waals surface area contributed by atoms with Crippen molar-refractivity contribution in [3.05, 3.63) is 83.9 Å². The maximum Gasteiger partial charge on any atom is 0.322 e. The molecule has 1 unspecified atom stereocenters. The number of carbonyl (C=O) groups is 3. The maximum atomic E-state index is 12.9. The second kappa shape index (κ2) is 9.38. The highest BCUT2D eigenvalue weighted by atomic mass is 32.2. The molecule has 168 valence electrons. The molecule has 4 rings (SSSR count). The summed E-state index contributed by atoms with van der Waals surface area (Å²) in [6, 6.07) is 21.5. The minimum Gasteiger partial charge on any atom is -0.457 e. The quantitative estimate of drug-likeness (QED) is 0.349. The van der Waals surface area contributed by atoms with Crippen LogP contribution in [0.2, 0.25) is 0 Å². The van der Waals surface area contributed by atoms with Gasteiger partial charge in [0.25, 0.3) is 11.8 Å². The number of anilines is 1. The van der Waals surface area contributed by atoms with E-state index < -0.39 is 11.6 Å². The number of hydrogen-bond acceptors (Lipinski definition) is 5. The predicted molar refractivity (Wildman–Crippen MR) is 128 cm³/mol. The predicted octanol–water partition coefficient (Wildman–Crippen LogP) is 4.73. The van der Waals surface area contributed by atoms with Crippen LogP contribution >= 0.6 is 11.8 Å². The van der Waals surface area contributed by atoms with E-state index in [-0.39, 0.29) is 11.8 Å². The van der Waals surface area contributed by atoms with Gasteiger partial charge in [0.2, 0.25) is 0 Å². The van der Waals surface area contributed by atoms with Crippen LogP contribution in [0.15, 0.2) is 77.7 Å². The first-order valence-electron chi connectivity index (χ1n) is 10.3. The smallest absolute Gasteiger partial charge is 0.322 e. The zero-order valence-electron chi connectivity index (χ0n) is 18.2. The van der Waals surface area contributed by atoms with Crippen LogP contribution in [0.4, 0.5) is 10.5 Å². The van der Waals surface area contributed by atoms with Gasteiger partial charge in [0.05, 0.1) is 5.56 Å². The Morgan fingerprint density at radius 1 is 0.970 bits per heavy atom. The van der Waals surface area contributed by atoms with Crippen molar-refractivity contribution in [2.24, 2.45) is 0 Å². The zero-order valence-corrected chi connectivity index (χ0v) is 19.0. The normalized spacial score (nSPS) is 17.3. The van der Waals surface area contributed by atoms with E-state index in [1.54, 1.807) is 43.3 Å². The molecule has 3 aromatic carbocycles. The van der Waals surface area contributed by atoms with Crippen molar-refractivity contribution < 1.29 is 19.1 Å². The number of urea groups is 1. The number of ether oxygens (including phenoxy) is 1. The van der Waals surface area contributed by atoms with Gasteiger partial charge in [-0.15, -0.1) is 11.8 Å². The molecule has 3 N–H and O–H groups in total. The molecule has 8 heteroatoms. The standard InChI is InChI=1S/C25H23N3O4S/c1-16-7-11-18(12-8-16)32-19-13-9-17(10-14-19)26-22(29)20-5-3-4-6-21(20)33-15-25(2)23(30)27-24(31)28-25/h3-14H,15H2,1-2H3,(H,26,29)(H2,27,28,30,31). The van der Waals surface area contributed by atoms with Gasteiger partial charge >= 0.3 is 6.03 Å². The first kappa shape index (κ1) is 22.4. The van der Waals surface area contributed by atoms with E-state index in [2.05, 4.69) is 16.0 Å². The lowest BCUT2D eigenvalue weighted by Crippen LogP contribution is -2.46. The van der Waals surface area contributed by atoms with Gasteiger partial charge in [0, 0.05) is 16.3 Å². The summed E-state index contributed by atoms with van der Waals surface area (Å²) >= 11 is 1.34. The molecule has 1 atom stereocenters. The number of amides is 4. The fourth-order valence-electron chi connectivity index (χ4n) is 3.23. The minimum absolute atomic E-state index is 0.268. The van der Waals surface area contributed by atoms with Gasteiger partial charge in [0.1, 0.15) is 17.0 Å². The molecule has 33 heavy (non-hydrogen) atoms. The zero-order chi connectivity index (χ0) is 23.4. The van der Waals surface area contributed by atoms with Crippen LogP contribution in [-0.4, -0.2) is 29.1 Å². The first-order valence-corrected chi connectivity index (χ1v) is 11.3. The lowest BCUT2D eigenvalue weighted by atomic mass is 10.1. The topological polar surface area (TPSA) is 96.5 Å². The van der Waals surface area contributed by atoms with Crippen molar-refractivity contribution >= 4 is 35.3 Å². The highest BCUT2D eigenvalue weighted by Gasteiger charge is 2.41. The van der Waals surface area contributed by atoms with Crippen molar-refractivity contribution in [3.63, 3.8) is 0 Å². The number of rotatable bonds is 7. The summed E-state index contributed by atoms with van der Waals surface area (Å²) in [5.74, 6) is 1.05. The van der Waals surface area contributed by atoms with Gasteiger partial charge in [-0.05, 0) is 62.4 Å². The summed E-state index contributed by atoms with van der Waals surface area (Å²) in [5, 5.41) is 7.77. The third-order valence-electron chi connectivity index (χ3n) is 5.13. The lowest BCUT2D eigenvalue weighted by molar-refractivity contribution is -0.122. The van der Waals surface area contributed by atoms with Crippen LogP contribution in [0.3, 0.4) is 0 Å². The third kappa shape index (κ3) is 5.35.